The van der Waals surface area contributed by atoms with Crippen molar-refractivity contribution in [2.75, 3.05) is 13.2 Å². The number of H-pyrrole nitrogens is 1. The number of amides is 1. The molecule has 0 aliphatic rings. The summed E-state index contributed by atoms with van der Waals surface area (Å²) in [6, 6.07) is 1.72. The van der Waals surface area contributed by atoms with Crippen molar-refractivity contribution in [3.05, 3.63) is 34.0 Å². The van der Waals surface area contributed by atoms with Gasteiger partial charge in [-0.15, -0.1) is 11.3 Å². The van der Waals surface area contributed by atoms with Crippen LogP contribution in [-0.2, 0) is 6.42 Å². The highest BCUT2D eigenvalue weighted by molar-refractivity contribution is 7.10. The zero-order valence-electron chi connectivity index (χ0n) is 10.7. The Balaban J connectivity index is 1.75. The molecule has 0 atom stereocenters. The number of carbonyl (C=O) groups is 1. The Morgan fingerprint density at radius 1 is 1.55 bits per heavy atom. The molecular formula is C13H14N4O2S. The summed E-state index contributed by atoms with van der Waals surface area (Å²) < 4.78 is 0. The highest BCUT2D eigenvalue weighted by atomic mass is 32.1. The van der Waals surface area contributed by atoms with Gasteiger partial charge in [-0.2, -0.15) is 5.10 Å². The molecule has 2 heterocycles. The number of aromatic nitrogens is 3. The van der Waals surface area contributed by atoms with Crippen molar-refractivity contribution in [1.29, 1.82) is 0 Å². The fourth-order valence-corrected chi connectivity index (χ4v) is 2.31. The topological polar surface area (TPSA) is 90.9 Å². The molecule has 0 aliphatic heterocycles. The molecule has 2 aromatic rings. The number of aliphatic hydroxyl groups is 1. The van der Waals surface area contributed by atoms with Gasteiger partial charge < -0.3 is 10.4 Å². The summed E-state index contributed by atoms with van der Waals surface area (Å²) in [6.07, 6.45) is 3.01. The molecule has 0 aromatic carbocycles. The molecule has 1 amide bonds. The third-order valence-electron chi connectivity index (χ3n) is 2.49. The molecule has 20 heavy (non-hydrogen) atoms. The van der Waals surface area contributed by atoms with Gasteiger partial charge in [0.25, 0.3) is 5.91 Å². The number of aromatic amines is 1. The van der Waals surface area contributed by atoms with E-state index in [2.05, 4.69) is 32.3 Å². The van der Waals surface area contributed by atoms with Gasteiger partial charge in [0.15, 0.2) is 0 Å². The van der Waals surface area contributed by atoms with Gasteiger partial charge in [-0.05, 0) is 12.5 Å². The third-order valence-corrected chi connectivity index (χ3v) is 3.34. The van der Waals surface area contributed by atoms with E-state index < -0.39 is 0 Å². The van der Waals surface area contributed by atoms with Gasteiger partial charge in [0.1, 0.15) is 18.8 Å². The van der Waals surface area contributed by atoms with Gasteiger partial charge in [0.2, 0.25) is 0 Å². The van der Waals surface area contributed by atoms with Crippen LogP contribution in [0, 0.1) is 11.8 Å². The van der Waals surface area contributed by atoms with Gasteiger partial charge >= 0.3 is 0 Å². The predicted molar refractivity (Wildman–Crippen MR) is 75.3 cm³/mol. The Morgan fingerprint density at radius 2 is 2.45 bits per heavy atom. The molecule has 7 heteroatoms. The van der Waals surface area contributed by atoms with E-state index in [0.29, 0.717) is 12.1 Å². The molecule has 0 aliphatic carbocycles. The summed E-state index contributed by atoms with van der Waals surface area (Å²) in [4.78, 5) is 16.6. The lowest BCUT2D eigenvalue weighted by Gasteiger charge is -2.02. The fourth-order valence-electron chi connectivity index (χ4n) is 1.56. The molecule has 0 saturated heterocycles. The molecule has 0 unspecified atom stereocenters. The number of aryl methyl sites for hydroxylation is 1. The number of hydrogen-bond acceptors (Lipinski definition) is 5. The molecular weight excluding hydrogens is 276 g/mol. The number of nitrogens with one attached hydrogen (secondary N) is 2. The van der Waals surface area contributed by atoms with Crippen LogP contribution in [0.25, 0.3) is 0 Å². The molecule has 3 N–H and O–H groups in total. The average molecular weight is 290 g/mol. The van der Waals surface area contributed by atoms with E-state index in [1.54, 1.807) is 11.4 Å². The molecule has 2 rings (SSSR count). The quantitative estimate of drug-likeness (QED) is 0.555. The Hall–Kier alpha value is -2.17. The van der Waals surface area contributed by atoms with Crippen molar-refractivity contribution in [1.82, 2.24) is 20.5 Å². The van der Waals surface area contributed by atoms with Crippen molar-refractivity contribution in [3.63, 3.8) is 0 Å². The minimum atomic E-state index is -0.179. The van der Waals surface area contributed by atoms with Crippen LogP contribution in [0.2, 0.25) is 0 Å². The Kier molecular flexibility index (Phi) is 5.29. The largest absolute Gasteiger partial charge is 0.384 e. The zero-order chi connectivity index (χ0) is 14.2. The first kappa shape index (κ1) is 14.2. The van der Waals surface area contributed by atoms with E-state index in [0.717, 1.165) is 23.5 Å². The van der Waals surface area contributed by atoms with Gasteiger partial charge in [-0.1, -0.05) is 11.8 Å². The third kappa shape index (κ3) is 4.19. The number of thiophene rings is 1. The number of carbonyl (C=O) groups excluding carboxylic acids is 1. The van der Waals surface area contributed by atoms with Crippen LogP contribution >= 0.6 is 11.3 Å². The van der Waals surface area contributed by atoms with Crippen LogP contribution in [0.4, 0.5) is 0 Å². The summed E-state index contributed by atoms with van der Waals surface area (Å²) in [5, 5.41) is 19.7. The molecule has 0 fully saturated rings. The molecule has 2 aromatic heterocycles. The Labute approximate surface area is 120 Å². The van der Waals surface area contributed by atoms with E-state index >= 15 is 0 Å². The van der Waals surface area contributed by atoms with Crippen LogP contribution < -0.4 is 5.32 Å². The maximum Gasteiger partial charge on any atom is 0.252 e. The van der Waals surface area contributed by atoms with Gasteiger partial charge in [-0.3, -0.25) is 9.89 Å². The van der Waals surface area contributed by atoms with Crippen LogP contribution in [-0.4, -0.2) is 39.3 Å². The van der Waals surface area contributed by atoms with Crippen molar-refractivity contribution in [2.24, 2.45) is 0 Å². The first-order valence-corrected chi connectivity index (χ1v) is 6.98. The number of aliphatic hydroxyl groups excluding tert-OH is 1. The molecule has 6 nitrogen and oxygen atoms in total. The van der Waals surface area contributed by atoms with Crippen LogP contribution in [0.5, 0.6) is 0 Å². The minimum Gasteiger partial charge on any atom is -0.384 e. The standard InChI is InChI=1S/C13H14N4O2S/c18-6-2-3-11-7-10(8-20-11)13(19)14-5-1-4-12-15-9-16-17-12/h7-9,18H,1,4-6H2,(H,14,19)(H,15,16,17). The molecule has 0 radical (unpaired) electrons. The van der Waals surface area contributed by atoms with E-state index in [-0.39, 0.29) is 12.5 Å². The van der Waals surface area contributed by atoms with E-state index in [1.807, 2.05) is 0 Å². The highest BCUT2D eigenvalue weighted by Crippen LogP contribution is 2.13. The van der Waals surface area contributed by atoms with Crippen LogP contribution in [0.15, 0.2) is 17.8 Å². The minimum absolute atomic E-state index is 0.115. The number of rotatable bonds is 5. The van der Waals surface area contributed by atoms with E-state index in [4.69, 9.17) is 5.11 Å². The molecule has 0 bridgehead atoms. The maximum absolute atomic E-state index is 11.9. The van der Waals surface area contributed by atoms with Gasteiger partial charge in [0.05, 0.1) is 10.4 Å². The number of nitrogens with zero attached hydrogens (tertiary/aromatic N) is 2. The second-order valence-electron chi connectivity index (χ2n) is 3.95. The smallest absolute Gasteiger partial charge is 0.252 e. The summed E-state index contributed by atoms with van der Waals surface area (Å²) in [5.74, 6) is 6.03. The molecule has 0 spiro atoms. The summed E-state index contributed by atoms with van der Waals surface area (Å²) in [7, 11) is 0. The SMILES string of the molecule is O=C(NCCCc1ncn[nH]1)c1csc(C#CCO)c1. The van der Waals surface area contributed by atoms with Gasteiger partial charge in [0, 0.05) is 18.3 Å². The summed E-state index contributed by atoms with van der Waals surface area (Å²) in [6.45, 7) is 0.397. The lowest BCUT2D eigenvalue weighted by Crippen LogP contribution is -2.24. The Morgan fingerprint density at radius 3 is 3.20 bits per heavy atom. The second kappa shape index (κ2) is 7.43. The van der Waals surface area contributed by atoms with Crippen LogP contribution in [0.3, 0.4) is 0 Å². The zero-order valence-corrected chi connectivity index (χ0v) is 11.5. The van der Waals surface area contributed by atoms with Crippen molar-refractivity contribution < 1.29 is 9.90 Å². The second-order valence-corrected chi connectivity index (χ2v) is 4.86. The van der Waals surface area contributed by atoms with Crippen molar-refractivity contribution in [3.8, 4) is 11.8 Å². The highest BCUT2D eigenvalue weighted by Gasteiger charge is 2.07. The van der Waals surface area contributed by atoms with Crippen molar-refractivity contribution >= 4 is 17.2 Å². The lowest BCUT2D eigenvalue weighted by molar-refractivity contribution is 0.0953. The van der Waals surface area contributed by atoms with Gasteiger partial charge in [-0.25, -0.2) is 4.98 Å². The Bertz CT molecular complexity index is 610. The summed E-state index contributed by atoms with van der Waals surface area (Å²) in [5.41, 5.74) is 0.594. The monoisotopic (exact) mass is 290 g/mol. The average Bonchev–Trinajstić information content (AvgIpc) is 3.12. The number of hydrogen-bond donors (Lipinski definition) is 3. The predicted octanol–water partition coefficient (Wildman–Crippen LogP) is 0.573. The molecule has 0 saturated carbocycles. The normalized spacial score (nSPS) is 9.85. The molecule has 104 valence electrons. The van der Waals surface area contributed by atoms with Crippen molar-refractivity contribution in [2.45, 2.75) is 12.8 Å². The first-order valence-electron chi connectivity index (χ1n) is 6.10. The lowest BCUT2D eigenvalue weighted by atomic mass is 10.2. The maximum atomic E-state index is 11.9. The summed E-state index contributed by atoms with van der Waals surface area (Å²) >= 11 is 1.39. The first-order chi connectivity index (χ1) is 9.79. The fraction of sp³-hybridized carbons (Fsp3) is 0.308. The van der Waals surface area contributed by atoms with E-state index in [1.165, 1.54) is 17.7 Å². The van der Waals surface area contributed by atoms with Crippen LogP contribution in [0.1, 0.15) is 27.5 Å². The van der Waals surface area contributed by atoms with E-state index in [9.17, 15) is 4.79 Å².